The molecule has 0 aromatic heterocycles. The fourth-order valence-electron chi connectivity index (χ4n) is 0.903. The molecule has 0 saturated carbocycles. The lowest BCUT2D eigenvalue weighted by atomic mass is 10.2. The molecule has 0 unspecified atom stereocenters. The molecule has 0 aliphatic heterocycles. The minimum atomic E-state index is 0. The van der Waals surface area contributed by atoms with Crippen LogP contribution in [0.25, 0.3) is 0 Å². The summed E-state index contributed by atoms with van der Waals surface area (Å²) in [5.74, 6) is 0. The van der Waals surface area contributed by atoms with E-state index in [-0.39, 0.29) is 24.0 Å². The van der Waals surface area contributed by atoms with Gasteiger partial charge in [-0.3, -0.25) is 0 Å². The molecular formula is C11H16I2N4. The largest absolute Gasteiger partial charge is 1.00 e. The molecule has 4 nitrogen and oxygen atoms in total. The van der Waals surface area contributed by atoms with Crippen LogP contribution in [0.1, 0.15) is 0 Å². The van der Waals surface area contributed by atoms with Gasteiger partial charge in [-0.25, -0.2) is 9.98 Å². The lowest BCUT2D eigenvalue weighted by molar-refractivity contribution is -0.370. The maximum absolute atomic E-state index is 5.31. The SMILES string of the molecule is C=C[NH+]=C(/C=C\NC)/C(N=CN)=C(\I)C=C.[I-]. The van der Waals surface area contributed by atoms with Crippen molar-refractivity contribution in [2.45, 2.75) is 0 Å². The van der Waals surface area contributed by atoms with Crippen LogP contribution in [0, 0.1) is 0 Å². The molecule has 0 radical (unpaired) electrons. The van der Waals surface area contributed by atoms with E-state index in [0.29, 0.717) is 5.70 Å². The van der Waals surface area contributed by atoms with Gasteiger partial charge >= 0.3 is 0 Å². The second-order valence-corrected chi connectivity index (χ2v) is 3.73. The quantitative estimate of drug-likeness (QED) is 0.175. The predicted octanol–water partition coefficient (Wildman–Crippen LogP) is -2.79. The highest BCUT2D eigenvalue weighted by molar-refractivity contribution is 14.1. The molecule has 6 heteroatoms. The van der Waals surface area contributed by atoms with E-state index >= 15 is 0 Å². The minimum absolute atomic E-state index is 0. The van der Waals surface area contributed by atoms with Gasteiger partial charge in [0, 0.05) is 22.9 Å². The molecule has 0 aromatic rings. The van der Waals surface area contributed by atoms with Crippen molar-refractivity contribution in [1.82, 2.24) is 5.32 Å². The third-order valence-corrected chi connectivity index (χ3v) is 2.49. The molecule has 0 spiro atoms. The Labute approximate surface area is 133 Å². The van der Waals surface area contributed by atoms with E-state index < -0.39 is 0 Å². The van der Waals surface area contributed by atoms with Crippen molar-refractivity contribution >= 4 is 34.6 Å². The first kappa shape index (κ1) is 18.7. The van der Waals surface area contributed by atoms with Gasteiger partial charge in [0.15, 0.2) is 6.20 Å². The molecule has 0 saturated heterocycles. The number of rotatable bonds is 6. The summed E-state index contributed by atoms with van der Waals surface area (Å²) in [7, 11) is 1.82. The van der Waals surface area contributed by atoms with Crippen LogP contribution < -0.4 is 40.0 Å². The normalized spacial score (nSPS) is 13.2. The molecule has 0 aliphatic rings. The van der Waals surface area contributed by atoms with E-state index in [0.717, 1.165) is 9.29 Å². The molecule has 0 aliphatic carbocycles. The van der Waals surface area contributed by atoms with Crippen LogP contribution in [-0.4, -0.2) is 19.1 Å². The van der Waals surface area contributed by atoms with Gasteiger partial charge in [-0.05, 0) is 29.2 Å². The zero-order valence-electron chi connectivity index (χ0n) is 9.58. The lowest BCUT2D eigenvalue weighted by Crippen LogP contribution is -3.00. The van der Waals surface area contributed by atoms with Crippen LogP contribution in [-0.2, 0) is 0 Å². The van der Waals surface area contributed by atoms with Crippen molar-refractivity contribution in [3.63, 3.8) is 0 Å². The smallest absolute Gasteiger partial charge is 0.232 e. The summed E-state index contributed by atoms with van der Waals surface area (Å²) in [6.07, 6.45) is 8.15. The first-order valence-electron chi connectivity index (χ1n) is 4.56. The average molecular weight is 458 g/mol. The Bertz CT molecular complexity index is 368. The molecular weight excluding hydrogens is 442 g/mol. The van der Waals surface area contributed by atoms with Crippen LogP contribution in [0.3, 0.4) is 0 Å². The maximum atomic E-state index is 5.31. The Balaban J connectivity index is 0. The van der Waals surface area contributed by atoms with Crippen LogP contribution in [0.15, 0.2) is 52.0 Å². The third-order valence-electron chi connectivity index (χ3n) is 1.54. The first-order valence-corrected chi connectivity index (χ1v) is 5.64. The molecule has 4 N–H and O–H groups in total. The predicted molar refractivity (Wildman–Crippen MR) is 78.3 cm³/mol. The van der Waals surface area contributed by atoms with Gasteiger partial charge in [0.25, 0.3) is 0 Å². The minimum Gasteiger partial charge on any atom is -1.00 e. The molecule has 0 amide bonds. The molecule has 0 aromatic carbocycles. The molecule has 17 heavy (non-hydrogen) atoms. The fourth-order valence-corrected chi connectivity index (χ4v) is 1.33. The van der Waals surface area contributed by atoms with Crippen molar-refractivity contribution < 1.29 is 29.0 Å². The van der Waals surface area contributed by atoms with Crippen LogP contribution >= 0.6 is 22.6 Å². The average Bonchev–Trinajstić information content (AvgIpc) is 2.31. The number of hydrogen-bond acceptors (Lipinski definition) is 2. The topological polar surface area (TPSA) is 64.4 Å². The molecule has 0 atom stereocenters. The van der Waals surface area contributed by atoms with E-state index in [1.54, 1.807) is 18.5 Å². The van der Waals surface area contributed by atoms with Gasteiger partial charge in [-0.1, -0.05) is 12.7 Å². The van der Waals surface area contributed by atoms with Gasteiger partial charge in [0.05, 0.1) is 6.34 Å². The Morgan fingerprint density at radius 1 is 1.47 bits per heavy atom. The highest BCUT2D eigenvalue weighted by Crippen LogP contribution is 2.15. The second-order valence-electron chi connectivity index (χ2n) is 2.56. The summed E-state index contributed by atoms with van der Waals surface area (Å²) >= 11 is 2.14. The Morgan fingerprint density at radius 2 is 2.12 bits per heavy atom. The fraction of sp³-hybridized carbons (Fsp3) is 0.0909. The first-order chi connectivity index (χ1) is 7.71. The van der Waals surface area contributed by atoms with Gasteiger partial charge < -0.3 is 35.0 Å². The number of nitrogens with two attached hydrogens (primary N) is 1. The monoisotopic (exact) mass is 458 g/mol. The van der Waals surface area contributed by atoms with E-state index in [2.05, 4.69) is 51.1 Å². The summed E-state index contributed by atoms with van der Waals surface area (Å²) in [6.45, 7) is 7.32. The van der Waals surface area contributed by atoms with E-state index in [1.165, 1.54) is 6.34 Å². The Kier molecular flexibility index (Phi) is 13.0. The van der Waals surface area contributed by atoms with Crippen LogP contribution in [0.2, 0.25) is 0 Å². The highest BCUT2D eigenvalue weighted by Gasteiger charge is 2.11. The van der Waals surface area contributed by atoms with Crippen molar-refractivity contribution in [3.8, 4) is 0 Å². The zero-order valence-corrected chi connectivity index (χ0v) is 13.9. The highest BCUT2D eigenvalue weighted by atomic mass is 127. The second kappa shape index (κ2) is 11.8. The summed E-state index contributed by atoms with van der Waals surface area (Å²) in [5.41, 5.74) is 6.81. The molecule has 0 bridgehead atoms. The van der Waals surface area contributed by atoms with Gasteiger partial charge in [-0.2, -0.15) is 0 Å². The van der Waals surface area contributed by atoms with Crippen LogP contribution in [0.5, 0.6) is 0 Å². The lowest BCUT2D eigenvalue weighted by Gasteiger charge is -1.98. The van der Waals surface area contributed by atoms with Gasteiger partial charge in [-0.15, -0.1) is 0 Å². The van der Waals surface area contributed by atoms with Crippen molar-refractivity contribution in [1.29, 1.82) is 0 Å². The summed E-state index contributed by atoms with van der Waals surface area (Å²) in [4.78, 5) is 7.09. The number of aliphatic imine (C=N–C) groups is 1. The van der Waals surface area contributed by atoms with Gasteiger partial charge in [0.2, 0.25) is 5.71 Å². The number of nitrogens with one attached hydrogen (secondary N) is 2. The zero-order chi connectivity index (χ0) is 12.4. The number of hydrogen-bond donors (Lipinski definition) is 3. The molecule has 0 fully saturated rings. The Morgan fingerprint density at radius 3 is 2.53 bits per heavy atom. The van der Waals surface area contributed by atoms with Crippen molar-refractivity contribution in [3.05, 3.63) is 47.0 Å². The van der Waals surface area contributed by atoms with Gasteiger partial charge in [0.1, 0.15) is 5.70 Å². The maximum Gasteiger partial charge on any atom is 0.232 e. The molecule has 94 valence electrons. The third kappa shape index (κ3) is 7.31. The molecule has 0 heterocycles. The van der Waals surface area contributed by atoms with Crippen molar-refractivity contribution in [2.75, 3.05) is 7.05 Å². The van der Waals surface area contributed by atoms with E-state index in [4.69, 9.17) is 5.73 Å². The number of allylic oxidation sites excluding steroid dienone is 3. The van der Waals surface area contributed by atoms with Crippen LogP contribution in [0.4, 0.5) is 0 Å². The summed E-state index contributed by atoms with van der Waals surface area (Å²) in [6, 6.07) is 0. The van der Waals surface area contributed by atoms with Crippen molar-refractivity contribution in [2.24, 2.45) is 10.7 Å². The molecule has 0 rings (SSSR count). The van der Waals surface area contributed by atoms with E-state index in [9.17, 15) is 0 Å². The van der Waals surface area contributed by atoms with E-state index in [1.807, 2.05) is 13.1 Å². The summed E-state index contributed by atoms with van der Waals surface area (Å²) in [5, 5.41) is 2.90. The standard InChI is InChI=1S/C11H15IN4.HI/c1-4-9(12)11(16-8-13)10(15-5-2)6-7-14-3;/h4-8,14H,1-2H2,3H3,(H2,13,16);1H/b7-6-,11-9+,15-10?;. The number of nitrogens with zero attached hydrogens (tertiary/aromatic N) is 1. The summed E-state index contributed by atoms with van der Waals surface area (Å²) < 4.78 is 0.893. The number of halogens is 2. The Hall–Kier alpha value is -0.640.